The molecule has 2 aromatic carbocycles. The lowest BCUT2D eigenvalue weighted by Gasteiger charge is -2.22. The molecule has 6 nitrogen and oxygen atoms in total. The standard InChI is InChI=1S/C25H28ClFN4O2/c1-2-3-7-16-30(25(33)14-15-26)18-24(32)28-23-17-22(19-8-5-4-6-9-19)29-31(23)21-12-10-20(27)11-13-21/h4-6,8-13,17H,2-3,7,14-16,18H2,1H3,(H,28,32). The minimum absolute atomic E-state index is 0.0747. The minimum atomic E-state index is -0.361. The van der Waals surface area contributed by atoms with Gasteiger partial charge in [0.2, 0.25) is 11.8 Å². The van der Waals surface area contributed by atoms with Crippen LogP contribution >= 0.6 is 11.6 Å². The fourth-order valence-corrected chi connectivity index (χ4v) is 3.60. The van der Waals surface area contributed by atoms with Gasteiger partial charge in [-0.3, -0.25) is 9.59 Å². The Morgan fingerprint density at radius 3 is 2.48 bits per heavy atom. The fourth-order valence-electron chi connectivity index (χ4n) is 3.44. The summed E-state index contributed by atoms with van der Waals surface area (Å²) in [7, 11) is 0. The number of carbonyl (C=O) groups is 2. The van der Waals surface area contributed by atoms with Gasteiger partial charge >= 0.3 is 0 Å². The van der Waals surface area contributed by atoms with Gasteiger partial charge in [0, 0.05) is 30.5 Å². The predicted octanol–water partition coefficient (Wildman–Crippen LogP) is 5.26. The number of anilines is 1. The molecule has 2 amide bonds. The van der Waals surface area contributed by atoms with Crippen LogP contribution in [0.2, 0.25) is 0 Å². The molecule has 3 rings (SSSR count). The number of aromatic nitrogens is 2. The van der Waals surface area contributed by atoms with Crippen LogP contribution in [-0.2, 0) is 9.59 Å². The van der Waals surface area contributed by atoms with Crippen molar-refractivity contribution in [2.24, 2.45) is 0 Å². The van der Waals surface area contributed by atoms with Crippen molar-refractivity contribution in [2.75, 3.05) is 24.3 Å². The van der Waals surface area contributed by atoms with Gasteiger partial charge in [0.05, 0.1) is 17.9 Å². The highest BCUT2D eigenvalue weighted by molar-refractivity contribution is 6.19. The van der Waals surface area contributed by atoms with Crippen LogP contribution in [0.4, 0.5) is 10.2 Å². The van der Waals surface area contributed by atoms with Crippen LogP contribution in [0.5, 0.6) is 0 Å². The summed E-state index contributed by atoms with van der Waals surface area (Å²) in [4.78, 5) is 26.9. The lowest BCUT2D eigenvalue weighted by molar-refractivity contribution is -0.134. The normalized spacial score (nSPS) is 10.8. The lowest BCUT2D eigenvalue weighted by atomic mass is 10.1. The number of nitrogens with one attached hydrogen (secondary N) is 1. The zero-order valence-corrected chi connectivity index (χ0v) is 19.4. The predicted molar refractivity (Wildman–Crippen MR) is 129 cm³/mol. The van der Waals surface area contributed by atoms with Crippen LogP contribution in [0.15, 0.2) is 60.7 Å². The summed E-state index contributed by atoms with van der Waals surface area (Å²) in [6, 6.07) is 17.2. The Morgan fingerprint density at radius 1 is 1.09 bits per heavy atom. The quantitative estimate of drug-likeness (QED) is 0.307. The molecular weight excluding hydrogens is 443 g/mol. The molecule has 0 bridgehead atoms. The van der Waals surface area contributed by atoms with Gasteiger partial charge in [0.15, 0.2) is 0 Å². The van der Waals surface area contributed by atoms with E-state index in [1.165, 1.54) is 12.1 Å². The van der Waals surface area contributed by atoms with Gasteiger partial charge in [-0.15, -0.1) is 11.6 Å². The Kier molecular flexibility index (Phi) is 9.01. The molecule has 1 aromatic heterocycles. The smallest absolute Gasteiger partial charge is 0.245 e. The van der Waals surface area contributed by atoms with E-state index >= 15 is 0 Å². The second-order valence-corrected chi connectivity index (χ2v) is 8.06. The third-order valence-corrected chi connectivity index (χ3v) is 5.33. The Balaban J connectivity index is 1.84. The maximum atomic E-state index is 13.4. The molecule has 3 aromatic rings. The molecule has 0 unspecified atom stereocenters. The molecule has 0 aliphatic heterocycles. The second kappa shape index (κ2) is 12.2. The molecule has 1 N–H and O–H groups in total. The molecule has 0 saturated heterocycles. The summed E-state index contributed by atoms with van der Waals surface area (Å²) in [5, 5.41) is 7.49. The van der Waals surface area contributed by atoms with Gasteiger partial charge in [0.1, 0.15) is 11.6 Å². The lowest BCUT2D eigenvalue weighted by Crippen LogP contribution is -2.39. The molecule has 8 heteroatoms. The number of alkyl halides is 1. The number of unbranched alkanes of at least 4 members (excludes halogenated alkanes) is 2. The molecular formula is C25H28ClFN4O2. The van der Waals surface area contributed by atoms with E-state index in [0.29, 0.717) is 23.7 Å². The Labute approximate surface area is 198 Å². The van der Waals surface area contributed by atoms with Crippen LogP contribution in [0.3, 0.4) is 0 Å². The van der Waals surface area contributed by atoms with Crippen LogP contribution in [-0.4, -0.2) is 45.5 Å². The Hall–Kier alpha value is -3.19. The number of amides is 2. The van der Waals surface area contributed by atoms with Crippen LogP contribution < -0.4 is 5.32 Å². The highest BCUT2D eigenvalue weighted by Crippen LogP contribution is 2.25. The Bertz CT molecular complexity index is 1050. The monoisotopic (exact) mass is 470 g/mol. The van der Waals surface area contributed by atoms with Crippen molar-refractivity contribution in [1.29, 1.82) is 0 Å². The van der Waals surface area contributed by atoms with E-state index in [4.69, 9.17) is 11.6 Å². The van der Waals surface area contributed by atoms with E-state index in [9.17, 15) is 14.0 Å². The van der Waals surface area contributed by atoms with Crippen molar-refractivity contribution in [3.8, 4) is 16.9 Å². The first kappa shape index (κ1) is 24.5. The average molecular weight is 471 g/mol. The van der Waals surface area contributed by atoms with E-state index in [-0.39, 0.29) is 36.5 Å². The largest absolute Gasteiger partial charge is 0.333 e. The molecule has 0 spiro atoms. The van der Waals surface area contributed by atoms with Gasteiger partial charge in [-0.05, 0) is 30.7 Å². The van der Waals surface area contributed by atoms with Crippen molar-refractivity contribution >= 4 is 29.2 Å². The number of benzene rings is 2. The molecule has 174 valence electrons. The molecule has 0 radical (unpaired) electrons. The van der Waals surface area contributed by atoms with Gasteiger partial charge in [-0.2, -0.15) is 5.10 Å². The summed E-state index contributed by atoms with van der Waals surface area (Å²) < 4.78 is 15.0. The summed E-state index contributed by atoms with van der Waals surface area (Å²) >= 11 is 5.74. The van der Waals surface area contributed by atoms with E-state index in [2.05, 4.69) is 17.3 Å². The maximum Gasteiger partial charge on any atom is 0.245 e. The molecule has 0 atom stereocenters. The van der Waals surface area contributed by atoms with Gasteiger partial charge in [0.25, 0.3) is 0 Å². The Morgan fingerprint density at radius 2 is 1.82 bits per heavy atom. The van der Waals surface area contributed by atoms with Crippen molar-refractivity contribution in [2.45, 2.75) is 32.6 Å². The van der Waals surface area contributed by atoms with Crippen LogP contribution in [0, 0.1) is 5.82 Å². The van der Waals surface area contributed by atoms with Gasteiger partial charge in [-0.1, -0.05) is 50.1 Å². The third-order valence-electron chi connectivity index (χ3n) is 5.14. The summed E-state index contributed by atoms with van der Waals surface area (Å²) in [6.45, 7) is 2.51. The number of rotatable bonds is 11. The first-order chi connectivity index (χ1) is 16.0. The molecule has 0 aliphatic carbocycles. The highest BCUT2D eigenvalue weighted by Gasteiger charge is 2.19. The van der Waals surface area contributed by atoms with Crippen LogP contribution in [0.1, 0.15) is 32.6 Å². The SMILES string of the molecule is CCCCCN(CC(=O)Nc1cc(-c2ccccc2)nn1-c1ccc(F)cc1)C(=O)CCCl. The fraction of sp³-hybridized carbons (Fsp3) is 0.320. The number of hydrogen-bond acceptors (Lipinski definition) is 3. The molecule has 0 saturated carbocycles. The van der Waals surface area contributed by atoms with Crippen LogP contribution in [0.25, 0.3) is 16.9 Å². The van der Waals surface area contributed by atoms with Crippen molar-refractivity contribution in [1.82, 2.24) is 14.7 Å². The van der Waals surface area contributed by atoms with Crippen molar-refractivity contribution < 1.29 is 14.0 Å². The van der Waals surface area contributed by atoms with E-state index in [1.807, 2.05) is 30.3 Å². The zero-order valence-electron chi connectivity index (χ0n) is 18.6. The number of carbonyl (C=O) groups excluding carboxylic acids is 2. The summed E-state index contributed by atoms with van der Waals surface area (Å²) in [5.41, 5.74) is 2.15. The third kappa shape index (κ3) is 6.89. The number of hydrogen-bond donors (Lipinski definition) is 1. The minimum Gasteiger partial charge on any atom is -0.333 e. The zero-order chi connectivity index (χ0) is 23.6. The van der Waals surface area contributed by atoms with E-state index < -0.39 is 0 Å². The van der Waals surface area contributed by atoms with Gasteiger partial charge < -0.3 is 10.2 Å². The number of nitrogens with zero attached hydrogens (tertiary/aromatic N) is 3. The topological polar surface area (TPSA) is 67.2 Å². The molecule has 1 heterocycles. The molecule has 33 heavy (non-hydrogen) atoms. The molecule has 0 aliphatic rings. The maximum absolute atomic E-state index is 13.4. The number of halogens is 2. The highest BCUT2D eigenvalue weighted by atomic mass is 35.5. The summed E-state index contributed by atoms with van der Waals surface area (Å²) in [6.07, 6.45) is 3.00. The first-order valence-electron chi connectivity index (χ1n) is 11.1. The van der Waals surface area contributed by atoms with Crippen molar-refractivity contribution in [3.63, 3.8) is 0 Å². The van der Waals surface area contributed by atoms with E-state index in [1.54, 1.807) is 27.8 Å². The van der Waals surface area contributed by atoms with Crippen molar-refractivity contribution in [3.05, 3.63) is 66.5 Å². The first-order valence-corrected chi connectivity index (χ1v) is 11.6. The van der Waals surface area contributed by atoms with Gasteiger partial charge in [-0.25, -0.2) is 9.07 Å². The summed E-state index contributed by atoms with van der Waals surface area (Å²) in [5.74, 6) is -0.197. The molecule has 0 fully saturated rings. The second-order valence-electron chi connectivity index (χ2n) is 7.68. The van der Waals surface area contributed by atoms with E-state index in [0.717, 1.165) is 24.8 Å². The average Bonchev–Trinajstić information content (AvgIpc) is 3.23.